The predicted octanol–water partition coefficient (Wildman–Crippen LogP) is 3.18. The van der Waals surface area contributed by atoms with Crippen molar-refractivity contribution in [2.45, 2.75) is 31.3 Å². The monoisotopic (exact) mass is 350 g/mol. The van der Waals surface area contributed by atoms with Crippen LogP contribution in [0.25, 0.3) is 0 Å². The third-order valence-corrected chi connectivity index (χ3v) is 4.08. The first-order chi connectivity index (χ1) is 9.90. The average Bonchev–Trinajstić information content (AvgIpc) is 2.84. The molecule has 0 spiro atoms. The highest BCUT2D eigenvalue weighted by Gasteiger charge is 2.18. The average molecular weight is 351 g/mol. The van der Waals surface area contributed by atoms with Crippen molar-refractivity contribution in [2.24, 2.45) is 0 Å². The van der Waals surface area contributed by atoms with E-state index in [1.807, 2.05) is 6.92 Å². The molecule has 0 saturated carbocycles. The fourth-order valence-corrected chi connectivity index (χ4v) is 2.84. The Morgan fingerprint density at radius 2 is 2.14 bits per heavy atom. The van der Waals surface area contributed by atoms with Crippen molar-refractivity contribution in [1.29, 1.82) is 0 Å². The van der Waals surface area contributed by atoms with Crippen molar-refractivity contribution in [3.63, 3.8) is 0 Å². The summed E-state index contributed by atoms with van der Waals surface area (Å²) in [5, 5.41) is 4.01. The molecule has 0 bridgehead atoms. The van der Waals surface area contributed by atoms with Crippen LogP contribution < -0.4 is 4.74 Å². The minimum Gasteiger partial charge on any atom is -0.482 e. The van der Waals surface area contributed by atoms with Crippen LogP contribution in [0.1, 0.15) is 25.1 Å². The molecule has 2 aromatic rings. The Labute approximate surface area is 131 Å². The molecule has 21 heavy (non-hydrogen) atoms. The first-order valence-corrected chi connectivity index (χ1v) is 8.77. The van der Waals surface area contributed by atoms with Crippen molar-refractivity contribution < 1.29 is 17.7 Å². The van der Waals surface area contributed by atoms with E-state index in [9.17, 15) is 8.42 Å². The van der Waals surface area contributed by atoms with E-state index in [4.69, 9.17) is 31.5 Å². The standard InChI is InChI=1S/C12H12Cl2N2O4S/c1-2-3-11-15-12(20-16-11)7-19-9-5-4-8(13)6-10(9)21(14,17)18/h4-6H,2-3,7H2,1H3. The Morgan fingerprint density at radius 1 is 1.38 bits per heavy atom. The van der Waals surface area contributed by atoms with Gasteiger partial charge in [-0.1, -0.05) is 23.7 Å². The lowest BCUT2D eigenvalue weighted by Gasteiger charge is -2.07. The van der Waals surface area contributed by atoms with Crippen molar-refractivity contribution in [1.82, 2.24) is 10.1 Å². The zero-order valence-electron chi connectivity index (χ0n) is 11.0. The second-order valence-corrected chi connectivity index (χ2v) is 7.14. The summed E-state index contributed by atoms with van der Waals surface area (Å²) in [6.45, 7) is 1.94. The molecule has 0 saturated heterocycles. The van der Waals surface area contributed by atoms with Gasteiger partial charge in [-0.05, 0) is 24.6 Å². The summed E-state index contributed by atoms with van der Waals surface area (Å²) < 4.78 is 33.3. The Hall–Kier alpha value is -1.31. The van der Waals surface area contributed by atoms with Crippen LogP contribution >= 0.6 is 22.3 Å². The molecular formula is C12H12Cl2N2O4S. The lowest BCUT2D eigenvalue weighted by Crippen LogP contribution is -2.01. The number of aryl methyl sites for hydroxylation is 1. The summed E-state index contributed by atoms with van der Waals surface area (Å²) in [6, 6.07) is 4.13. The third-order valence-electron chi connectivity index (χ3n) is 2.50. The third kappa shape index (κ3) is 4.33. The molecular weight excluding hydrogens is 339 g/mol. The maximum atomic E-state index is 11.5. The summed E-state index contributed by atoms with van der Waals surface area (Å²) in [6.07, 6.45) is 1.59. The van der Waals surface area contributed by atoms with Gasteiger partial charge in [-0.2, -0.15) is 4.98 Å². The minimum absolute atomic E-state index is 0.0578. The summed E-state index contributed by atoms with van der Waals surface area (Å²) in [5.74, 6) is 0.911. The molecule has 0 amide bonds. The van der Waals surface area contributed by atoms with Crippen molar-refractivity contribution in [2.75, 3.05) is 0 Å². The van der Waals surface area contributed by atoms with E-state index in [-0.39, 0.29) is 28.2 Å². The molecule has 1 heterocycles. The van der Waals surface area contributed by atoms with Gasteiger partial charge in [-0.25, -0.2) is 8.42 Å². The molecule has 9 heteroatoms. The zero-order chi connectivity index (χ0) is 15.5. The SMILES string of the molecule is CCCc1noc(COc2ccc(Cl)cc2S(=O)(=O)Cl)n1. The Balaban J connectivity index is 2.16. The largest absolute Gasteiger partial charge is 0.482 e. The molecule has 0 aliphatic carbocycles. The lowest BCUT2D eigenvalue weighted by molar-refractivity contribution is 0.237. The maximum Gasteiger partial charge on any atom is 0.265 e. The van der Waals surface area contributed by atoms with E-state index in [1.165, 1.54) is 18.2 Å². The lowest BCUT2D eigenvalue weighted by atomic mass is 10.3. The number of nitrogens with zero attached hydrogens (tertiary/aromatic N) is 2. The second-order valence-electron chi connectivity index (χ2n) is 4.17. The van der Waals surface area contributed by atoms with E-state index in [0.717, 1.165) is 6.42 Å². The van der Waals surface area contributed by atoms with Crippen LogP contribution in [-0.2, 0) is 22.1 Å². The number of hydrogen-bond acceptors (Lipinski definition) is 6. The van der Waals surface area contributed by atoms with Gasteiger partial charge in [0, 0.05) is 22.1 Å². The van der Waals surface area contributed by atoms with E-state index in [2.05, 4.69) is 10.1 Å². The highest BCUT2D eigenvalue weighted by Crippen LogP contribution is 2.30. The van der Waals surface area contributed by atoms with E-state index < -0.39 is 9.05 Å². The van der Waals surface area contributed by atoms with Gasteiger partial charge >= 0.3 is 0 Å². The van der Waals surface area contributed by atoms with Crippen LogP contribution in [-0.4, -0.2) is 18.6 Å². The zero-order valence-corrected chi connectivity index (χ0v) is 13.4. The van der Waals surface area contributed by atoms with Crippen LogP contribution in [0.5, 0.6) is 5.75 Å². The maximum absolute atomic E-state index is 11.5. The number of hydrogen-bond donors (Lipinski definition) is 0. The van der Waals surface area contributed by atoms with Gasteiger partial charge in [0.15, 0.2) is 12.4 Å². The number of halogens is 2. The second kappa shape index (κ2) is 6.64. The van der Waals surface area contributed by atoms with Gasteiger partial charge in [0.05, 0.1) is 0 Å². The van der Waals surface area contributed by atoms with E-state index in [1.54, 1.807) is 0 Å². The molecule has 0 aliphatic heterocycles. The molecule has 0 radical (unpaired) electrons. The Kier molecular flexibility index (Phi) is 5.08. The van der Waals surface area contributed by atoms with E-state index in [0.29, 0.717) is 12.2 Å². The summed E-state index contributed by atoms with van der Waals surface area (Å²) in [4.78, 5) is 3.91. The molecule has 0 unspecified atom stereocenters. The molecule has 0 aliphatic rings. The van der Waals surface area contributed by atoms with Crippen molar-refractivity contribution >= 4 is 31.3 Å². The van der Waals surface area contributed by atoms with Gasteiger partial charge in [0.2, 0.25) is 0 Å². The summed E-state index contributed by atoms with van der Waals surface area (Å²) >= 11 is 5.76. The van der Waals surface area contributed by atoms with E-state index >= 15 is 0 Å². The predicted molar refractivity (Wildman–Crippen MR) is 77.1 cm³/mol. The molecule has 0 fully saturated rings. The Bertz CT molecular complexity index is 731. The number of ether oxygens (including phenoxy) is 1. The van der Waals surface area contributed by atoms with Gasteiger partial charge in [-0.15, -0.1) is 0 Å². The molecule has 114 valence electrons. The molecule has 2 rings (SSSR count). The van der Waals surface area contributed by atoms with Gasteiger partial charge in [-0.3, -0.25) is 0 Å². The first kappa shape index (κ1) is 16.1. The van der Waals surface area contributed by atoms with Crippen LogP contribution in [0.15, 0.2) is 27.6 Å². The highest BCUT2D eigenvalue weighted by molar-refractivity contribution is 8.13. The Morgan fingerprint density at radius 3 is 2.81 bits per heavy atom. The quantitative estimate of drug-likeness (QED) is 0.744. The fraction of sp³-hybridized carbons (Fsp3) is 0.333. The van der Waals surface area contributed by atoms with Gasteiger partial charge < -0.3 is 9.26 Å². The number of rotatable bonds is 6. The molecule has 1 aromatic heterocycles. The normalized spacial score (nSPS) is 11.6. The van der Waals surface area contributed by atoms with Gasteiger partial charge in [0.1, 0.15) is 10.6 Å². The van der Waals surface area contributed by atoms with Crippen molar-refractivity contribution in [3.8, 4) is 5.75 Å². The summed E-state index contributed by atoms with van der Waals surface area (Å²) in [7, 11) is 1.38. The van der Waals surface area contributed by atoms with Crippen LogP contribution in [0.3, 0.4) is 0 Å². The first-order valence-electron chi connectivity index (χ1n) is 6.08. The number of aromatic nitrogens is 2. The highest BCUT2D eigenvalue weighted by atomic mass is 35.7. The topological polar surface area (TPSA) is 82.3 Å². The molecule has 1 aromatic carbocycles. The van der Waals surface area contributed by atoms with Crippen molar-refractivity contribution in [3.05, 3.63) is 34.9 Å². The fourth-order valence-electron chi connectivity index (χ4n) is 1.61. The minimum atomic E-state index is -3.97. The van der Waals surface area contributed by atoms with Gasteiger partial charge in [0.25, 0.3) is 14.9 Å². The van der Waals surface area contributed by atoms with Crippen LogP contribution in [0.2, 0.25) is 5.02 Å². The molecule has 0 N–H and O–H groups in total. The summed E-state index contributed by atoms with van der Waals surface area (Å²) in [5.41, 5.74) is 0. The smallest absolute Gasteiger partial charge is 0.265 e. The van der Waals surface area contributed by atoms with Crippen LogP contribution in [0.4, 0.5) is 0 Å². The number of benzene rings is 1. The van der Waals surface area contributed by atoms with Crippen LogP contribution in [0, 0.1) is 0 Å². The molecule has 0 atom stereocenters. The molecule has 6 nitrogen and oxygen atoms in total.